The normalized spacial score (nSPS) is 22.8. The molecule has 3 heterocycles. The number of carbonyl (C=O) groups excluding carboxylic acids is 1. The molecule has 0 radical (unpaired) electrons. The highest BCUT2D eigenvalue weighted by Gasteiger charge is 2.33. The van der Waals surface area contributed by atoms with E-state index in [0.717, 1.165) is 43.6 Å². The van der Waals surface area contributed by atoms with E-state index in [1.165, 1.54) is 16.5 Å². The summed E-state index contributed by atoms with van der Waals surface area (Å²) in [5.41, 5.74) is 4.28. The maximum Gasteiger partial charge on any atom is 0.410 e. The van der Waals surface area contributed by atoms with Crippen molar-refractivity contribution in [3.05, 3.63) is 35.4 Å². The number of aromatic nitrogens is 3. The second-order valence-corrected chi connectivity index (χ2v) is 9.51. The van der Waals surface area contributed by atoms with Gasteiger partial charge in [0.15, 0.2) is 0 Å². The summed E-state index contributed by atoms with van der Waals surface area (Å²) in [6.07, 6.45) is 10.4. The van der Waals surface area contributed by atoms with Crippen molar-refractivity contribution in [1.29, 1.82) is 0 Å². The van der Waals surface area contributed by atoms with E-state index in [1.54, 1.807) is 6.33 Å². The van der Waals surface area contributed by atoms with Crippen LogP contribution in [0.25, 0.3) is 11.0 Å². The SMILES string of the molecule is Cc1cn(C2CCC(C3=CCCN(C(=O)OC(C)(C)C)C3)C2)c2ncnc(C)c12. The van der Waals surface area contributed by atoms with Crippen LogP contribution in [0.3, 0.4) is 0 Å². The van der Waals surface area contributed by atoms with E-state index in [1.807, 2.05) is 25.7 Å². The first-order chi connectivity index (χ1) is 13.7. The highest BCUT2D eigenvalue weighted by Crippen LogP contribution is 2.41. The van der Waals surface area contributed by atoms with E-state index < -0.39 is 5.60 Å². The topological polar surface area (TPSA) is 60.2 Å². The number of nitrogens with zero attached hydrogens (tertiary/aromatic N) is 4. The van der Waals surface area contributed by atoms with Gasteiger partial charge < -0.3 is 14.2 Å². The third-order valence-corrected chi connectivity index (χ3v) is 6.14. The van der Waals surface area contributed by atoms with Crippen molar-refractivity contribution in [3.63, 3.8) is 0 Å². The minimum absolute atomic E-state index is 0.197. The van der Waals surface area contributed by atoms with E-state index in [2.05, 4.69) is 40.7 Å². The lowest BCUT2D eigenvalue weighted by Crippen LogP contribution is -2.40. The second-order valence-electron chi connectivity index (χ2n) is 9.51. The molecular formula is C23H32N4O2. The minimum Gasteiger partial charge on any atom is -0.444 e. The van der Waals surface area contributed by atoms with Crippen LogP contribution in [0, 0.1) is 19.8 Å². The third kappa shape index (κ3) is 4.02. The average molecular weight is 397 g/mol. The molecule has 1 aliphatic heterocycles. The quantitative estimate of drug-likeness (QED) is 0.674. The van der Waals surface area contributed by atoms with Crippen LogP contribution < -0.4 is 0 Å². The molecule has 2 unspecified atom stereocenters. The lowest BCUT2D eigenvalue weighted by Gasteiger charge is -2.32. The number of ether oxygens (including phenoxy) is 1. The first-order valence-electron chi connectivity index (χ1n) is 10.7. The highest BCUT2D eigenvalue weighted by atomic mass is 16.6. The fourth-order valence-corrected chi connectivity index (χ4v) is 4.83. The van der Waals surface area contributed by atoms with Crippen LogP contribution in [0.1, 0.15) is 63.8 Å². The van der Waals surface area contributed by atoms with Gasteiger partial charge in [0.05, 0.1) is 5.69 Å². The molecule has 0 saturated heterocycles. The Balaban J connectivity index is 1.47. The fraction of sp³-hybridized carbons (Fsp3) is 0.609. The van der Waals surface area contributed by atoms with Crippen molar-refractivity contribution >= 4 is 17.1 Å². The van der Waals surface area contributed by atoms with Gasteiger partial charge in [-0.3, -0.25) is 0 Å². The molecule has 1 saturated carbocycles. The molecule has 0 bridgehead atoms. The van der Waals surface area contributed by atoms with Crippen LogP contribution in [0.2, 0.25) is 0 Å². The molecule has 2 aromatic rings. The van der Waals surface area contributed by atoms with Gasteiger partial charge in [0.25, 0.3) is 0 Å². The summed E-state index contributed by atoms with van der Waals surface area (Å²) in [5.74, 6) is 0.519. The summed E-state index contributed by atoms with van der Waals surface area (Å²) in [4.78, 5) is 23.3. The van der Waals surface area contributed by atoms with Gasteiger partial charge in [0.1, 0.15) is 17.6 Å². The molecule has 2 aromatic heterocycles. The molecule has 2 aliphatic rings. The molecule has 6 nitrogen and oxygen atoms in total. The van der Waals surface area contributed by atoms with Crippen LogP contribution in [0.5, 0.6) is 0 Å². The number of fused-ring (bicyclic) bond motifs is 1. The lowest BCUT2D eigenvalue weighted by molar-refractivity contribution is 0.0257. The number of rotatable bonds is 2. The zero-order valence-electron chi connectivity index (χ0n) is 18.2. The average Bonchev–Trinajstić information content (AvgIpc) is 3.26. The molecule has 1 amide bonds. The predicted octanol–water partition coefficient (Wildman–Crippen LogP) is 4.96. The number of hydrogen-bond acceptors (Lipinski definition) is 4. The van der Waals surface area contributed by atoms with Gasteiger partial charge in [-0.25, -0.2) is 14.8 Å². The molecule has 29 heavy (non-hydrogen) atoms. The van der Waals surface area contributed by atoms with E-state index >= 15 is 0 Å². The van der Waals surface area contributed by atoms with Gasteiger partial charge in [-0.15, -0.1) is 0 Å². The van der Waals surface area contributed by atoms with E-state index in [9.17, 15) is 4.79 Å². The Morgan fingerprint density at radius 1 is 1.21 bits per heavy atom. The zero-order chi connectivity index (χ0) is 20.8. The summed E-state index contributed by atoms with van der Waals surface area (Å²) in [7, 11) is 0. The Morgan fingerprint density at radius 2 is 2.00 bits per heavy atom. The fourth-order valence-electron chi connectivity index (χ4n) is 4.83. The molecule has 156 valence electrons. The molecule has 4 rings (SSSR count). The Hall–Kier alpha value is -2.37. The molecule has 1 fully saturated rings. The van der Waals surface area contributed by atoms with Crippen LogP contribution in [0.15, 0.2) is 24.2 Å². The van der Waals surface area contributed by atoms with Crippen LogP contribution in [-0.2, 0) is 4.74 Å². The number of amides is 1. The molecule has 0 spiro atoms. The largest absolute Gasteiger partial charge is 0.444 e. The smallest absolute Gasteiger partial charge is 0.410 e. The van der Waals surface area contributed by atoms with Crippen LogP contribution >= 0.6 is 0 Å². The molecule has 1 aliphatic carbocycles. The first kappa shape index (κ1) is 19.9. The van der Waals surface area contributed by atoms with Gasteiger partial charge in [0, 0.05) is 30.7 Å². The second kappa shape index (κ2) is 7.47. The van der Waals surface area contributed by atoms with Crippen molar-refractivity contribution in [2.24, 2.45) is 5.92 Å². The summed E-state index contributed by atoms with van der Waals surface area (Å²) in [6, 6.07) is 0.448. The molecule has 0 N–H and O–H groups in total. The van der Waals surface area contributed by atoms with Crippen LogP contribution in [-0.4, -0.2) is 44.2 Å². The number of hydrogen-bond donors (Lipinski definition) is 0. The summed E-state index contributed by atoms with van der Waals surface area (Å²) in [5, 5.41) is 1.18. The molecular weight excluding hydrogens is 364 g/mol. The maximum atomic E-state index is 12.5. The lowest BCUT2D eigenvalue weighted by atomic mass is 9.93. The Kier molecular flexibility index (Phi) is 5.13. The minimum atomic E-state index is -0.454. The van der Waals surface area contributed by atoms with Gasteiger partial charge in [0.2, 0.25) is 0 Å². The van der Waals surface area contributed by atoms with Crippen molar-refractivity contribution in [2.45, 2.75) is 71.9 Å². The Morgan fingerprint density at radius 3 is 2.76 bits per heavy atom. The molecule has 6 heteroatoms. The van der Waals surface area contributed by atoms with Gasteiger partial charge in [-0.05, 0) is 71.8 Å². The summed E-state index contributed by atoms with van der Waals surface area (Å²) < 4.78 is 7.94. The standard InChI is InChI=1S/C23H32N4O2/c1-15-12-27(21-20(15)16(2)24-14-25-21)19-9-8-17(11-19)18-7-6-10-26(13-18)22(28)29-23(3,4)5/h7,12,14,17,19H,6,8-11,13H2,1-5H3. The molecule has 0 aromatic carbocycles. The van der Waals surface area contributed by atoms with Gasteiger partial charge >= 0.3 is 6.09 Å². The monoisotopic (exact) mass is 396 g/mol. The van der Waals surface area contributed by atoms with Gasteiger partial charge in [-0.2, -0.15) is 0 Å². The van der Waals surface area contributed by atoms with Gasteiger partial charge in [-0.1, -0.05) is 11.6 Å². The number of carbonyl (C=O) groups is 1. The Bertz CT molecular complexity index is 954. The Labute approximate surface area is 173 Å². The number of aryl methyl sites for hydroxylation is 2. The van der Waals surface area contributed by atoms with Crippen molar-refractivity contribution in [2.75, 3.05) is 13.1 Å². The van der Waals surface area contributed by atoms with Crippen molar-refractivity contribution < 1.29 is 9.53 Å². The first-order valence-corrected chi connectivity index (χ1v) is 10.7. The summed E-state index contributed by atoms with van der Waals surface area (Å²) >= 11 is 0. The third-order valence-electron chi connectivity index (χ3n) is 6.14. The zero-order valence-corrected chi connectivity index (χ0v) is 18.2. The maximum absolute atomic E-state index is 12.5. The van der Waals surface area contributed by atoms with Crippen LogP contribution in [0.4, 0.5) is 4.79 Å². The van der Waals surface area contributed by atoms with Crippen molar-refractivity contribution in [1.82, 2.24) is 19.4 Å². The van der Waals surface area contributed by atoms with E-state index in [-0.39, 0.29) is 6.09 Å². The summed E-state index contributed by atoms with van der Waals surface area (Å²) in [6.45, 7) is 11.4. The van der Waals surface area contributed by atoms with Crippen molar-refractivity contribution in [3.8, 4) is 0 Å². The predicted molar refractivity (Wildman–Crippen MR) is 114 cm³/mol. The highest BCUT2D eigenvalue weighted by molar-refractivity contribution is 5.82. The van der Waals surface area contributed by atoms with E-state index in [4.69, 9.17) is 4.74 Å². The molecule has 2 atom stereocenters. The van der Waals surface area contributed by atoms with E-state index in [0.29, 0.717) is 18.5 Å².